The highest BCUT2D eigenvalue weighted by Gasteiger charge is 2.28. The second-order valence-corrected chi connectivity index (χ2v) is 8.69. The molecule has 2 heterocycles. The zero-order chi connectivity index (χ0) is 22.1. The fourth-order valence-electron chi connectivity index (χ4n) is 3.10. The van der Waals surface area contributed by atoms with Crippen LogP contribution < -0.4 is 9.64 Å². The van der Waals surface area contributed by atoms with Crippen molar-refractivity contribution in [3.8, 4) is 5.75 Å². The Morgan fingerprint density at radius 1 is 1.27 bits per heavy atom. The molecule has 0 fully saturated rings. The summed E-state index contributed by atoms with van der Waals surface area (Å²) in [6.07, 6.45) is 1.25. The van der Waals surface area contributed by atoms with Gasteiger partial charge in [0.05, 0.1) is 31.2 Å². The molecule has 1 amide bonds. The minimum absolute atomic E-state index is 0.183. The zero-order valence-electron chi connectivity index (χ0n) is 18.1. The second kappa shape index (κ2) is 8.52. The van der Waals surface area contributed by atoms with Gasteiger partial charge in [-0.15, -0.1) is 0 Å². The Kier molecular flexibility index (Phi) is 6.22. The summed E-state index contributed by atoms with van der Waals surface area (Å²) >= 11 is 6.34. The van der Waals surface area contributed by atoms with Crippen molar-refractivity contribution in [2.75, 3.05) is 12.0 Å². The predicted molar refractivity (Wildman–Crippen MR) is 117 cm³/mol. The standard InChI is InChI=1S/C22H27ClN4O3/c1-14(2)17-12-24-20-16(11-19(23)25-27(17)20)26(21(28)30-22(3,4)5)13-15-9-7-8-10-18(15)29-6/h7-12,14H,13H2,1-6H3. The van der Waals surface area contributed by atoms with Gasteiger partial charge in [0.2, 0.25) is 0 Å². The van der Waals surface area contributed by atoms with Crippen LogP contribution in [0.25, 0.3) is 5.65 Å². The SMILES string of the molecule is COc1ccccc1CN(C(=O)OC(C)(C)C)c1cc(Cl)nn2c(C(C)C)cnc12. The lowest BCUT2D eigenvalue weighted by Gasteiger charge is -2.28. The van der Waals surface area contributed by atoms with E-state index in [9.17, 15) is 4.79 Å². The molecule has 160 valence electrons. The van der Waals surface area contributed by atoms with Crippen molar-refractivity contribution >= 4 is 29.0 Å². The number of methoxy groups -OCH3 is 1. The van der Waals surface area contributed by atoms with Crippen molar-refractivity contribution in [3.63, 3.8) is 0 Å². The van der Waals surface area contributed by atoms with Gasteiger partial charge < -0.3 is 9.47 Å². The molecule has 0 aliphatic rings. The maximum Gasteiger partial charge on any atom is 0.415 e. The molecular formula is C22H27ClN4O3. The van der Waals surface area contributed by atoms with Crippen LogP contribution in [0, 0.1) is 0 Å². The monoisotopic (exact) mass is 430 g/mol. The first kappa shape index (κ1) is 21.9. The molecular weight excluding hydrogens is 404 g/mol. The van der Waals surface area contributed by atoms with Crippen LogP contribution >= 0.6 is 11.6 Å². The van der Waals surface area contributed by atoms with Crippen LogP contribution in [0.1, 0.15) is 51.8 Å². The largest absolute Gasteiger partial charge is 0.496 e. The van der Waals surface area contributed by atoms with Gasteiger partial charge in [-0.25, -0.2) is 14.3 Å². The molecule has 8 heteroatoms. The van der Waals surface area contributed by atoms with Crippen LogP contribution in [-0.2, 0) is 11.3 Å². The number of anilines is 1. The van der Waals surface area contributed by atoms with E-state index in [1.165, 1.54) is 4.90 Å². The Balaban J connectivity index is 2.16. The van der Waals surface area contributed by atoms with E-state index in [0.717, 1.165) is 11.3 Å². The number of benzene rings is 1. The summed E-state index contributed by atoms with van der Waals surface area (Å²) in [5.74, 6) is 0.858. The van der Waals surface area contributed by atoms with Gasteiger partial charge in [0.1, 0.15) is 11.4 Å². The Morgan fingerprint density at radius 3 is 2.60 bits per heavy atom. The molecule has 2 aromatic heterocycles. The van der Waals surface area contributed by atoms with Crippen molar-refractivity contribution in [3.05, 3.63) is 52.9 Å². The number of para-hydroxylation sites is 1. The maximum atomic E-state index is 13.2. The number of carbonyl (C=O) groups is 1. The number of rotatable bonds is 5. The number of imidazole rings is 1. The van der Waals surface area contributed by atoms with Gasteiger partial charge in [0.15, 0.2) is 10.8 Å². The second-order valence-electron chi connectivity index (χ2n) is 8.30. The number of ether oxygens (including phenoxy) is 2. The average molecular weight is 431 g/mol. The van der Waals surface area contributed by atoms with E-state index < -0.39 is 11.7 Å². The molecule has 3 aromatic rings. The van der Waals surface area contributed by atoms with Crippen molar-refractivity contribution in [2.45, 2.75) is 52.7 Å². The van der Waals surface area contributed by atoms with Crippen LogP contribution in [0.2, 0.25) is 5.15 Å². The fourth-order valence-corrected chi connectivity index (χ4v) is 3.28. The lowest BCUT2D eigenvalue weighted by atomic mass is 10.1. The summed E-state index contributed by atoms with van der Waals surface area (Å²) in [4.78, 5) is 19.3. The van der Waals surface area contributed by atoms with Crippen LogP contribution in [0.15, 0.2) is 36.5 Å². The highest BCUT2D eigenvalue weighted by Crippen LogP contribution is 2.30. The van der Waals surface area contributed by atoms with Gasteiger partial charge in [-0.1, -0.05) is 43.6 Å². The lowest BCUT2D eigenvalue weighted by Crippen LogP contribution is -2.37. The lowest BCUT2D eigenvalue weighted by molar-refractivity contribution is 0.0577. The van der Waals surface area contributed by atoms with Crippen LogP contribution in [0.4, 0.5) is 10.5 Å². The first-order chi connectivity index (χ1) is 14.1. The highest BCUT2D eigenvalue weighted by molar-refractivity contribution is 6.29. The number of carbonyl (C=O) groups excluding carboxylic acids is 1. The summed E-state index contributed by atoms with van der Waals surface area (Å²) in [6.45, 7) is 9.80. The molecule has 0 aliphatic heterocycles. The first-order valence-electron chi connectivity index (χ1n) is 9.77. The predicted octanol–water partition coefficient (Wildman–Crippen LogP) is 5.46. The van der Waals surface area contributed by atoms with E-state index in [4.69, 9.17) is 21.1 Å². The third-order valence-electron chi connectivity index (χ3n) is 4.46. The van der Waals surface area contributed by atoms with Crippen molar-refractivity contribution in [2.24, 2.45) is 0 Å². The van der Waals surface area contributed by atoms with Gasteiger partial charge >= 0.3 is 6.09 Å². The van der Waals surface area contributed by atoms with E-state index >= 15 is 0 Å². The van der Waals surface area contributed by atoms with Gasteiger partial charge in [0.25, 0.3) is 0 Å². The number of aromatic nitrogens is 3. The molecule has 0 atom stereocenters. The Morgan fingerprint density at radius 2 is 1.97 bits per heavy atom. The number of halogens is 1. The van der Waals surface area contributed by atoms with Crippen molar-refractivity contribution in [1.82, 2.24) is 14.6 Å². The maximum absolute atomic E-state index is 13.2. The number of hydrogen-bond acceptors (Lipinski definition) is 5. The number of amides is 1. The van der Waals surface area contributed by atoms with E-state index in [-0.39, 0.29) is 17.6 Å². The summed E-state index contributed by atoms with van der Waals surface area (Å²) in [6, 6.07) is 9.16. The summed E-state index contributed by atoms with van der Waals surface area (Å²) in [5.41, 5.74) is 2.11. The zero-order valence-corrected chi connectivity index (χ0v) is 18.9. The molecule has 0 saturated carbocycles. The average Bonchev–Trinajstić information content (AvgIpc) is 3.08. The fraction of sp³-hybridized carbons (Fsp3) is 0.409. The smallest absolute Gasteiger partial charge is 0.415 e. The van der Waals surface area contributed by atoms with Gasteiger partial charge in [-0.2, -0.15) is 5.10 Å². The van der Waals surface area contributed by atoms with Crippen molar-refractivity contribution in [1.29, 1.82) is 0 Å². The van der Waals surface area contributed by atoms with Gasteiger partial charge in [-0.3, -0.25) is 4.90 Å². The normalized spacial score (nSPS) is 11.7. The van der Waals surface area contributed by atoms with E-state index in [2.05, 4.69) is 10.1 Å². The number of nitrogens with zero attached hydrogens (tertiary/aromatic N) is 4. The topological polar surface area (TPSA) is 69.0 Å². The summed E-state index contributed by atoms with van der Waals surface area (Å²) in [5, 5.41) is 4.65. The molecule has 0 radical (unpaired) electrons. The van der Waals surface area contributed by atoms with Crippen molar-refractivity contribution < 1.29 is 14.3 Å². The van der Waals surface area contributed by atoms with E-state index in [1.807, 2.05) is 58.9 Å². The Hall–Kier alpha value is -2.80. The molecule has 0 unspecified atom stereocenters. The minimum Gasteiger partial charge on any atom is -0.496 e. The molecule has 7 nitrogen and oxygen atoms in total. The Bertz CT molecular complexity index is 1060. The number of fused-ring (bicyclic) bond motifs is 1. The van der Waals surface area contributed by atoms with Crippen LogP contribution in [0.5, 0.6) is 5.75 Å². The van der Waals surface area contributed by atoms with E-state index in [0.29, 0.717) is 17.1 Å². The van der Waals surface area contributed by atoms with Crippen LogP contribution in [-0.4, -0.2) is 33.4 Å². The molecule has 0 aliphatic carbocycles. The molecule has 1 aromatic carbocycles. The molecule has 0 saturated heterocycles. The summed E-state index contributed by atoms with van der Waals surface area (Å²) in [7, 11) is 1.60. The van der Waals surface area contributed by atoms with E-state index in [1.54, 1.807) is 23.9 Å². The first-order valence-corrected chi connectivity index (χ1v) is 10.1. The third-order valence-corrected chi connectivity index (χ3v) is 4.65. The van der Waals surface area contributed by atoms with Gasteiger partial charge in [0, 0.05) is 11.6 Å². The Labute approximate surface area is 181 Å². The quantitative estimate of drug-likeness (QED) is 0.537. The number of hydrogen-bond donors (Lipinski definition) is 0. The third kappa shape index (κ3) is 4.67. The molecule has 30 heavy (non-hydrogen) atoms. The molecule has 0 N–H and O–H groups in total. The molecule has 0 spiro atoms. The summed E-state index contributed by atoms with van der Waals surface area (Å²) < 4.78 is 12.8. The highest BCUT2D eigenvalue weighted by atomic mass is 35.5. The molecule has 3 rings (SSSR count). The van der Waals surface area contributed by atoms with Crippen LogP contribution in [0.3, 0.4) is 0 Å². The van der Waals surface area contributed by atoms with Gasteiger partial charge in [-0.05, 0) is 32.8 Å². The molecule has 0 bridgehead atoms. The minimum atomic E-state index is -0.665.